The molecule has 1 aliphatic rings. The summed E-state index contributed by atoms with van der Waals surface area (Å²) in [6.45, 7) is 2.12. The standard InChI is InChI=1S/C5H8N2O2/c1-5(4(8)9)2-3-6-7-5/h2-3H2,1H3,(H,8,9). The molecule has 0 bridgehead atoms. The van der Waals surface area contributed by atoms with Gasteiger partial charge in [0, 0.05) is 6.42 Å². The number of carbonyl (C=O) groups is 1. The lowest BCUT2D eigenvalue weighted by molar-refractivity contribution is -0.142. The maximum absolute atomic E-state index is 10.4. The smallest absolute Gasteiger partial charge is 0.333 e. The summed E-state index contributed by atoms with van der Waals surface area (Å²) in [6.07, 6.45) is 0.530. The van der Waals surface area contributed by atoms with Crippen LogP contribution in [0.5, 0.6) is 0 Å². The number of aliphatic carboxylic acids is 1. The summed E-state index contributed by atoms with van der Waals surface area (Å²) in [4.78, 5) is 10.4. The number of hydrogen-bond donors (Lipinski definition) is 1. The van der Waals surface area contributed by atoms with E-state index in [0.29, 0.717) is 13.0 Å². The molecule has 0 saturated carbocycles. The molecule has 1 heterocycles. The van der Waals surface area contributed by atoms with Crippen LogP contribution in [0.15, 0.2) is 10.2 Å². The van der Waals surface area contributed by atoms with Crippen molar-refractivity contribution in [3.63, 3.8) is 0 Å². The minimum absolute atomic E-state index is 0.530. The first-order valence-corrected chi connectivity index (χ1v) is 2.77. The molecule has 0 aromatic rings. The van der Waals surface area contributed by atoms with Crippen LogP contribution in [0.3, 0.4) is 0 Å². The summed E-state index contributed by atoms with van der Waals surface area (Å²) in [5.74, 6) is -0.885. The van der Waals surface area contributed by atoms with Gasteiger partial charge in [-0.15, -0.1) is 0 Å². The molecule has 9 heavy (non-hydrogen) atoms. The van der Waals surface area contributed by atoms with Gasteiger partial charge in [0.25, 0.3) is 0 Å². The van der Waals surface area contributed by atoms with Gasteiger partial charge in [0.2, 0.25) is 0 Å². The molecule has 1 rings (SSSR count). The Morgan fingerprint density at radius 2 is 2.44 bits per heavy atom. The van der Waals surface area contributed by atoms with Crippen LogP contribution in [0.25, 0.3) is 0 Å². The first-order valence-electron chi connectivity index (χ1n) is 2.77. The molecule has 4 nitrogen and oxygen atoms in total. The zero-order valence-corrected chi connectivity index (χ0v) is 5.16. The quantitative estimate of drug-likeness (QED) is 0.564. The van der Waals surface area contributed by atoms with Crippen LogP contribution in [0, 0.1) is 0 Å². The molecule has 1 unspecified atom stereocenters. The van der Waals surface area contributed by atoms with Gasteiger partial charge >= 0.3 is 5.97 Å². The number of nitrogens with zero attached hydrogens (tertiary/aromatic N) is 2. The van der Waals surface area contributed by atoms with E-state index in [9.17, 15) is 4.79 Å². The molecule has 1 N–H and O–H groups in total. The van der Waals surface area contributed by atoms with Crippen molar-refractivity contribution in [2.75, 3.05) is 6.54 Å². The zero-order chi connectivity index (χ0) is 6.91. The molecule has 0 aromatic carbocycles. The molecule has 1 aliphatic heterocycles. The Balaban J connectivity index is 2.74. The fourth-order valence-electron chi connectivity index (χ4n) is 0.673. The Labute approximate surface area is 52.6 Å². The van der Waals surface area contributed by atoms with Gasteiger partial charge in [-0.3, -0.25) is 0 Å². The molecule has 0 aliphatic carbocycles. The van der Waals surface area contributed by atoms with Crippen molar-refractivity contribution in [2.45, 2.75) is 18.9 Å². The highest BCUT2D eigenvalue weighted by Gasteiger charge is 2.35. The largest absolute Gasteiger partial charge is 0.479 e. The van der Waals surface area contributed by atoms with Crippen molar-refractivity contribution < 1.29 is 9.90 Å². The van der Waals surface area contributed by atoms with E-state index in [1.807, 2.05) is 0 Å². The predicted molar refractivity (Wildman–Crippen MR) is 30.4 cm³/mol. The Morgan fingerprint density at radius 1 is 1.78 bits per heavy atom. The Bertz CT molecular complexity index is 166. The van der Waals surface area contributed by atoms with Crippen LogP contribution in [0.1, 0.15) is 13.3 Å². The highest BCUT2D eigenvalue weighted by Crippen LogP contribution is 2.21. The Morgan fingerprint density at radius 3 is 2.67 bits per heavy atom. The third kappa shape index (κ3) is 0.918. The second-order valence-electron chi connectivity index (χ2n) is 2.29. The number of rotatable bonds is 1. The third-order valence-electron chi connectivity index (χ3n) is 1.45. The van der Waals surface area contributed by atoms with Crippen LogP contribution in [-0.2, 0) is 4.79 Å². The van der Waals surface area contributed by atoms with Crippen LogP contribution < -0.4 is 0 Å². The average molecular weight is 128 g/mol. The minimum Gasteiger partial charge on any atom is -0.479 e. The average Bonchev–Trinajstić information content (AvgIpc) is 2.16. The summed E-state index contributed by atoms with van der Waals surface area (Å²) >= 11 is 0. The predicted octanol–water partition coefficient (Wildman–Crippen LogP) is 0.686. The van der Waals surface area contributed by atoms with Crippen molar-refractivity contribution in [1.29, 1.82) is 0 Å². The monoisotopic (exact) mass is 128 g/mol. The minimum atomic E-state index is -0.931. The molecule has 0 amide bonds. The topological polar surface area (TPSA) is 62.0 Å². The van der Waals surface area contributed by atoms with E-state index in [1.165, 1.54) is 0 Å². The van der Waals surface area contributed by atoms with E-state index >= 15 is 0 Å². The SMILES string of the molecule is CC1(C(=O)O)CCN=N1. The first kappa shape index (κ1) is 6.19. The van der Waals surface area contributed by atoms with Crippen LogP contribution in [-0.4, -0.2) is 23.2 Å². The molecule has 0 saturated heterocycles. The third-order valence-corrected chi connectivity index (χ3v) is 1.45. The summed E-state index contributed by atoms with van der Waals surface area (Å²) in [5, 5.41) is 15.7. The molecule has 0 radical (unpaired) electrons. The normalized spacial score (nSPS) is 33.0. The summed E-state index contributed by atoms with van der Waals surface area (Å²) < 4.78 is 0. The van der Waals surface area contributed by atoms with E-state index in [-0.39, 0.29) is 0 Å². The van der Waals surface area contributed by atoms with Crippen LogP contribution >= 0.6 is 0 Å². The number of azo groups is 1. The summed E-state index contributed by atoms with van der Waals surface area (Å²) in [6, 6.07) is 0. The van der Waals surface area contributed by atoms with Gasteiger partial charge in [0.05, 0.1) is 6.54 Å². The van der Waals surface area contributed by atoms with Gasteiger partial charge in [-0.1, -0.05) is 0 Å². The highest BCUT2D eigenvalue weighted by atomic mass is 16.4. The number of carboxylic acid groups (broad SMARTS) is 1. The molecular weight excluding hydrogens is 120 g/mol. The molecule has 1 atom stereocenters. The van der Waals surface area contributed by atoms with Crippen molar-refractivity contribution in [3.05, 3.63) is 0 Å². The fraction of sp³-hybridized carbons (Fsp3) is 0.800. The zero-order valence-electron chi connectivity index (χ0n) is 5.16. The Kier molecular flexibility index (Phi) is 1.23. The molecular formula is C5H8N2O2. The maximum Gasteiger partial charge on any atom is 0.333 e. The second-order valence-corrected chi connectivity index (χ2v) is 2.29. The van der Waals surface area contributed by atoms with Crippen molar-refractivity contribution in [3.8, 4) is 0 Å². The molecule has 0 fully saturated rings. The van der Waals surface area contributed by atoms with Crippen LogP contribution in [0.4, 0.5) is 0 Å². The van der Waals surface area contributed by atoms with E-state index in [2.05, 4.69) is 10.2 Å². The van der Waals surface area contributed by atoms with Gasteiger partial charge in [-0.05, 0) is 6.92 Å². The highest BCUT2D eigenvalue weighted by molar-refractivity contribution is 5.78. The van der Waals surface area contributed by atoms with Gasteiger partial charge in [0.1, 0.15) is 0 Å². The number of hydrogen-bond acceptors (Lipinski definition) is 3. The maximum atomic E-state index is 10.4. The van der Waals surface area contributed by atoms with Gasteiger partial charge in [-0.25, -0.2) is 4.79 Å². The molecule has 4 heteroatoms. The second kappa shape index (κ2) is 1.79. The van der Waals surface area contributed by atoms with E-state index < -0.39 is 11.5 Å². The summed E-state index contributed by atoms with van der Waals surface area (Å²) in [5.41, 5.74) is -0.931. The van der Waals surface area contributed by atoms with E-state index in [1.54, 1.807) is 6.92 Å². The summed E-state index contributed by atoms with van der Waals surface area (Å²) in [7, 11) is 0. The van der Waals surface area contributed by atoms with Gasteiger partial charge in [0.15, 0.2) is 5.54 Å². The van der Waals surface area contributed by atoms with Gasteiger partial charge < -0.3 is 5.11 Å². The Hall–Kier alpha value is -0.930. The molecule has 50 valence electrons. The lowest BCUT2D eigenvalue weighted by atomic mass is 10.0. The lowest BCUT2D eigenvalue weighted by Gasteiger charge is -2.09. The van der Waals surface area contributed by atoms with Crippen LogP contribution in [0.2, 0.25) is 0 Å². The number of carboxylic acids is 1. The van der Waals surface area contributed by atoms with E-state index in [4.69, 9.17) is 5.11 Å². The fourth-order valence-corrected chi connectivity index (χ4v) is 0.673. The first-order chi connectivity index (χ1) is 4.15. The van der Waals surface area contributed by atoms with E-state index in [0.717, 1.165) is 0 Å². The molecule has 0 spiro atoms. The molecule has 0 aromatic heterocycles. The van der Waals surface area contributed by atoms with Crippen molar-refractivity contribution in [1.82, 2.24) is 0 Å². The van der Waals surface area contributed by atoms with Crippen molar-refractivity contribution >= 4 is 5.97 Å². The van der Waals surface area contributed by atoms with Gasteiger partial charge in [-0.2, -0.15) is 10.2 Å². The lowest BCUT2D eigenvalue weighted by Crippen LogP contribution is -2.30. The van der Waals surface area contributed by atoms with Crippen molar-refractivity contribution in [2.24, 2.45) is 10.2 Å².